The summed E-state index contributed by atoms with van der Waals surface area (Å²) in [5.74, 6) is 2.12. The zero-order valence-corrected chi connectivity index (χ0v) is 21.2. The van der Waals surface area contributed by atoms with E-state index in [0.29, 0.717) is 29.7 Å². The summed E-state index contributed by atoms with van der Waals surface area (Å²) >= 11 is 5.45. The number of hydrogen-bond acceptors (Lipinski definition) is 5. The summed E-state index contributed by atoms with van der Waals surface area (Å²) in [6.45, 7) is 2.87. The van der Waals surface area contributed by atoms with Gasteiger partial charge in [-0.2, -0.15) is 0 Å². The number of thiocarbonyl (C=S) groups is 1. The Morgan fingerprint density at radius 1 is 0.972 bits per heavy atom. The van der Waals surface area contributed by atoms with Gasteiger partial charge in [0, 0.05) is 5.56 Å². The molecule has 184 valence electrons. The van der Waals surface area contributed by atoms with Gasteiger partial charge in [0.25, 0.3) is 5.91 Å². The number of fused-ring (bicyclic) bond motifs is 1. The van der Waals surface area contributed by atoms with Gasteiger partial charge in [0.05, 0.1) is 19.4 Å². The topological polar surface area (TPSA) is 60.0 Å². The third-order valence-electron chi connectivity index (χ3n) is 6.36. The Bertz CT molecular complexity index is 1330. The minimum Gasteiger partial charge on any atom is -0.496 e. The molecule has 0 spiro atoms. The van der Waals surface area contributed by atoms with Gasteiger partial charge in [0.2, 0.25) is 0 Å². The Morgan fingerprint density at radius 2 is 1.75 bits per heavy atom. The van der Waals surface area contributed by atoms with Gasteiger partial charge >= 0.3 is 0 Å². The molecule has 3 aromatic rings. The van der Waals surface area contributed by atoms with Crippen LogP contribution in [0.5, 0.6) is 17.2 Å². The van der Waals surface area contributed by atoms with Gasteiger partial charge < -0.3 is 19.5 Å². The standard InChI is InChI=1S/C29H28N2O4S/c1-3-34-24-12-9-23(10-13-24)31-28(32)26(30-29(31)36)16-19-7-14-27(33-2)22(15-19)18-35-25-11-8-20-5-4-6-21(20)17-25/h7-17H,3-6,18H2,1-2H3,(H,30,36)/b26-16+. The van der Waals surface area contributed by atoms with Crippen molar-refractivity contribution in [2.45, 2.75) is 32.8 Å². The van der Waals surface area contributed by atoms with Crippen molar-refractivity contribution in [2.24, 2.45) is 0 Å². The van der Waals surface area contributed by atoms with Crippen LogP contribution in [0.3, 0.4) is 0 Å². The highest BCUT2D eigenvalue weighted by Crippen LogP contribution is 2.29. The lowest BCUT2D eigenvalue weighted by Crippen LogP contribution is -2.30. The largest absolute Gasteiger partial charge is 0.496 e. The lowest BCUT2D eigenvalue weighted by atomic mass is 10.1. The van der Waals surface area contributed by atoms with Crippen LogP contribution < -0.4 is 24.4 Å². The number of amides is 1. The lowest BCUT2D eigenvalue weighted by Gasteiger charge is -2.14. The van der Waals surface area contributed by atoms with Crippen molar-refractivity contribution in [1.29, 1.82) is 0 Å². The first-order valence-corrected chi connectivity index (χ1v) is 12.5. The van der Waals surface area contributed by atoms with E-state index in [1.54, 1.807) is 13.2 Å². The zero-order chi connectivity index (χ0) is 25.1. The number of methoxy groups -OCH3 is 1. The minimum atomic E-state index is -0.212. The van der Waals surface area contributed by atoms with E-state index in [-0.39, 0.29) is 5.91 Å². The predicted octanol–water partition coefficient (Wildman–Crippen LogP) is 5.42. The molecule has 1 saturated heterocycles. The highest BCUT2D eigenvalue weighted by Gasteiger charge is 2.32. The van der Waals surface area contributed by atoms with E-state index < -0.39 is 0 Å². The molecule has 0 bridgehead atoms. The Morgan fingerprint density at radius 3 is 2.53 bits per heavy atom. The molecule has 1 N–H and O–H groups in total. The van der Waals surface area contributed by atoms with Crippen molar-refractivity contribution in [2.75, 3.05) is 18.6 Å². The smallest absolute Gasteiger partial charge is 0.281 e. The molecule has 0 unspecified atom stereocenters. The quantitative estimate of drug-likeness (QED) is 0.329. The van der Waals surface area contributed by atoms with Crippen LogP contribution in [0.15, 0.2) is 66.4 Å². The minimum absolute atomic E-state index is 0.212. The molecule has 1 aliphatic heterocycles. The molecule has 1 amide bonds. The fourth-order valence-corrected chi connectivity index (χ4v) is 4.89. The molecule has 0 saturated carbocycles. The van der Waals surface area contributed by atoms with Gasteiger partial charge in [-0.1, -0.05) is 12.1 Å². The number of hydrogen-bond donors (Lipinski definition) is 1. The van der Waals surface area contributed by atoms with E-state index in [2.05, 4.69) is 17.4 Å². The third-order valence-corrected chi connectivity index (χ3v) is 6.65. The van der Waals surface area contributed by atoms with Crippen LogP contribution in [-0.2, 0) is 24.2 Å². The molecule has 36 heavy (non-hydrogen) atoms. The normalized spacial score (nSPS) is 15.7. The SMILES string of the molecule is CCOc1ccc(N2C(=O)/C(=C\c3ccc(OC)c(COc4ccc5c(c4)CCC5)c3)NC2=S)cc1. The maximum absolute atomic E-state index is 13.2. The fraction of sp³-hybridized carbons (Fsp3) is 0.241. The highest BCUT2D eigenvalue weighted by atomic mass is 32.1. The number of ether oxygens (including phenoxy) is 3. The van der Waals surface area contributed by atoms with Crippen molar-refractivity contribution < 1.29 is 19.0 Å². The van der Waals surface area contributed by atoms with E-state index in [4.69, 9.17) is 26.4 Å². The average molecular weight is 501 g/mol. The highest BCUT2D eigenvalue weighted by molar-refractivity contribution is 7.80. The number of nitrogens with one attached hydrogen (secondary N) is 1. The van der Waals surface area contributed by atoms with Crippen molar-refractivity contribution in [1.82, 2.24) is 5.32 Å². The van der Waals surface area contributed by atoms with Gasteiger partial charge in [-0.05, 0) is 110 Å². The molecule has 0 atom stereocenters. The van der Waals surface area contributed by atoms with Crippen molar-refractivity contribution in [3.8, 4) is 17.2 Å². The van der Waals surface area contributed by atoms with E-state index in [1.165, 1.54) is 22.4 Å². The Balaban J connectivity index is 1.33. The van der Waals surface area contributed by atoms with Crippen LogP contribution in [0.25, 0.3) is 6.08 Å². The Hall–Kier alpha value is -3.84. The number of nitrogens with zero attached hydrogens (tertiary/aromatic N) is 1. The molecule has 0 radical (unpaired) electrons. The number of aryl methyl sites for hydroxylation is 2. The summed E-state index contributed by atoms with van der Waals surface area (Å²) in [5.41, 5.74) is 5.61. The van der Waals surface area contributed by atoms with Crippen LogP contribution in [0.2, 0.25) is 0 Å². The number of rotatable bonds is 8. The molecule has 7 heteroatoms. The summed E-state index contributed by atoms with van der Waals surface area (Å²) in [6, 6.07) is 19.4. The number of carbonyl (C=O) groups excluding carboxylic acids is 1. The molecule has 1 heterocycles. The molecular formula is C29H28N2O4S. The summed E-state index contributed by atoms with van der Waals surface area (Å²) in [5, 5.41) is 3.38. The molecule has 3 aromatic carbocycles. The van der Waals surface area contributed by atoms with Gasteiger partial charge in [0.15, 0.2) is 5.11 Å². The van der Waals surface area contributed by atoms with E-state index >= 15 is 0 Å². The van der Waals surface area contributed by atoms with Gasteiger partial charge in [-0.25, -0.2) is 0 Å². The molecule has 0 aromatic heterocycles. The van der Waals surface area contributed by atoms with Crippen molar-refractivity contribution in [3.05, 3.63) is 88.6 Å². The average Bonchev–Trinajstić information content (AvgIpc) is 3.47. The number of anilines is 1. The van der Waals surface area contributed by atoms with E-state index in [9.17, 15) is 4.79 Å². The van der Waals surface area contributed by atoms with Crippen LogP contribution in [0.4, 0.5) is 5.69 Å². The molecule has 6 nitrogen and oxygen atoms in total. The second-order valence-electron chi connectivity index (χ2n) is 8.70. The Labute approximate surface area is 216 Å². The third kappa shape index (κ3) is 4.93. The zero-order valence-electron chi connectivity index (χ0n) is 20.4. The maximum Gasteiger partial charge on any atom is 0.281 e. The van der Waals surface area contributed by atoms with Crippen LogP contribution in [-0.4, -0.2) is 24.7 Å². The lowest BCUT2D eigenvalue weighted by molar-refractivity contribution is -0.113. The van der Waals surface area contributed by atoms with Gasteiger partial charge in [-0.15, -0.1) is 0 Å². The van der Waals surface area contributed by atoms with Gasteiger partial charge in [-0.3, -0.25) is 9.69 Å². The van der Waals surface area contributed by atoms with E-state index in [0.717, 1.165) is 41.2 Å². The van der Waals surface area contributed by atoms with E-state index in [1.807, 2.05) is 55.5 Å². The summed E-state index contributed by atoms with van der Waals surface area (Å²) < 4.78 is 17.1. The first kappa shape index (κ1) is 23.9. The summed E-state index contributed by atoms with van der Waals surface area (Å²) in [6.07, 6.45) is 5.25. The Kier molecular flexibility index (Phi) is 6.91. The van der Waals surface area contributed by atoms with Crippen molar-refractivity contribution >= 4 is 35.0 Å². The molecule has 2 aliphatic rings. The molecule has 5 rings (SSSR count). The number of benzene rings is 3. The fourth-order valence-electron chi connectivity index (χ4n) is 4.59. The second-order valence-corrected chi connectivity index (χ2v) is 9.09. The van der Waals surface area contributed by atoms with Crippen LogP contribution in [0.1, 0.15) is 35.6 Å². The maximum atomic E-state index is 13.2. The predicted molar refractivity (Wildman–Crippen MR) is 145 cm³/mol. The molecule has 1 fully saturated rings. The molecular weight excluding hydrogens is 472 g/mol. The molecule has 1 aliphatic carbocycles. The van der Waals surface area contributed by atoms with Crippen LogP contribution in [0, 0.1) is 0 Å². The second kappa shape index (κ2) is 10.4. The van der Waals surface area contributed by atoms with Gasteiger partial charge in [0.1, 0.15) is 29.6 Å². The summed E-state index contributed by atoms with van der Waals surface area (Å²) in [7, 11) is 1.64. The van der Waals surface area contributed by atoms with Crippen LogP contribution >= 0.6 is 12.2 Å². The van der Waals surface area contributed by atoms with Crippen molar-refractivity contribution in [3.63, 3.8) is 0 Å². The number of carbonyl (C=O) groups is 1. The first-order valence-electron chi connectivity index (χ1n) is 12.1. The monoisotopic (exact) mass is 500 g/mol. The summed E-state index contributed by atoms with van der Waals surface area (Å²) in [4.78, 5) is 14.7. The first-order chi connectivity index (χ1) is 17.6.